The van der Waals surface area contributed by atoms with Crippen molar-refractivity contribution in [1.29, 1.82) is 0 Å². The van der Waals surface area contributed by atoms with Crippen LogP contribution in [-0.2, 0) is 10.1 Å². The van der Waals surface area contributed by atoms with Crippen molar-refractivity contribution < 1.29 is 35.3 Å². The SMILES string of the molecule is F[N+]12CCC(CC1)CC2.O=S(=O)([O-])C(F)(F)F. The van der Waals surface area contributed by atoms with Crippen LogP contribution in [0.5, 0.6) is 0 Å². The van der Waals surface area contributed by atoms with Crippen LogP contribution in [0.3, 0.4) is 0 Å². The standard InChI is InChI=1S/C7H13FN.CHF3O3S/c8-9-4-1-7(2-5-9)3-6-9;2-1(3,4)8(5,6)7/h7H,1-6H2;(H,5,6,7)/q+1;/p-1. The Bertz CT molecular complexity index is 346. The Kier molecular flexibility index (Phi) is 4.04. The molecule has 4 nitrogen and oxygen atoms in total. The number of nitrogens with zero attached hydrogens (tertiary/aromatic N) is 1. The van der Waals surface area contributed by atoms with Crippen molar-refractivity contribution in [2.45, 2.75) is 24.8 Å². The van der Waals surface area contributed by atoms with Gasteiger partial charge < -0.3 is 4.55 Å². The van der Waals surface area contributed by atoms with Crippen LogP contribution in [-0.4, -0.2) is 42.8 Å². The normalized spacial score (nSPS) is 32.9. The molecule has 3 saturated heterocycles. The van der Waals surface area contributed by atoms with Crippen molar-refractivity contribution in [3.05, 3.63) is 0 Å². The first-order valence-electron chi connectivity index (χ1n) is 5.11. The van der Waals surface area contributed by atoms with E-state index >= 15 is 0 Å². The van der Waals surface area contributed by atoms with Crippen LogP contribution in [0.25, 0.3) is 0 Å². The van der Waals surface area contributed by atoms with E-state index in [0.717, 1.165) is 44.8 Å². The average Bonchev–Trinajstić information content (AvgIpc) is 2.16. The first-order valence-corrected chi connectivity index (χ1v) is 6.52. The van der Waals surface area contributed by atoms with E-state index in [2.05, 4.69) is 0 Å². The number of hydrogen-bond acceptors (Lipinski definition) is 3. The molecular weight excluding hydrogens is 266 g/mol. The fourth-order valence-electron chi connectivity index (χ4n) is 2.01. The smallest absolute Gasteiger partial charge is 0.485 e. The number of quaternary nitrogens is 1. The van der Waals surface area contributed by atoms with Crippen molar-refractivity contribution in [1.82, 2.24) is 0 Å². The predicted octanol–water partition coefficient (Wildman–Crippen LogP) is 1.55. The number of hydrogen-bond donors (Lipinski definition) is 0. The Morgan fingerprint density at radius 2 is 1.35 bits per heavy atom. The van der Waals surface area contributed by atoms with Gasteiger partial charge in [0, 0.05) is 19.3 Å². The monoisotopic (exact) mass is 279 g/mol. The maximum Gasteiger partial charge on any atom is 0.485 e. The highest BCUT2D eigenvalue weighted by atomic mass is 32.2. The molecule has 2 bridgehead atoms. The summed E-state index contributed by atoms with van der Waals surface area (Å²) in [7, 11) is -6.09. The van der Waals surface area contributed by atoms with Gasteiger partial charge in [0.2, 0.25) is 0 Å². The molecule has 0 aliphatic carbocycles. The summed E-state index contributed by atoms with van der Waals surface area (Å²) >= 11 is 0. The fourth-order valence-corrected chi connectivity index (χ4v) is 2.01. The van der Waals surface area contributed by atoms with Gasteiger partial charge in [-0.2, -0.15) is 13.2 Å². The summed E-state index contributed by atoms with van der Waals surface area (Å²) in [6.45, 7) is 2.39. The second-order valence-corrected chi connectivity index (χ2v) is 5.70. The molecule has 0 spiro atoms. The molecule has 0 aromatic rings. The summed E-state index contributed by atoms with van der Waals surface area (Å²) in [5.41, 5.74) is -5.65. The van der Waals surface area contributed by atoms with E-state index in [-0.39, 0.29) is 4.71 Å². The lowest BCUT2D eigenvalue weighted by Gasteiger charge is -2.39. The van der Waals surface area contributed by atoms with Crippen molar-refractivity contribution >= 4 is 10.1 Å². The van der Waals surface area contributed by atoms with E-state index in [1.807, 2.05) is 0 Å². The van der Waals surface area contributed by atoms with Gasteiger partial charge in [-0.3, -0.25) is 0 Å². The minimum atomic E-state index is -6.09. The van der Waals surface area contributed by atoms with Gasteiger partial charge in [-0.25, -0.2) is 8.42 Å². The Labute approximate surface area is 96.5 Å². The molecule has 102 valence electrons. The maximum atomic E-state index is 13.3. The molecule has 0 saturated carbocycles. The Hall–Kier alpha value is -0.410. The molecular formula is C8H13F4NO3S. The van der Waals surface area contributed by atoms with Gasteiger partial charge in [0.15, 0.2) is 10.1 Å². The molecule has 0 N–H and O–H groups in total. The topological polar surface area (TPSA) is 57.2 Å². The molecule has 17 heavy (non-hydrogen) atoms. The van der Waals surface area contributed by atoms with Crippen LogP contribution in [0.4, 0.5) is 17.7 Å². The van der Waals surface area contributed by atoms with Crippen molar-refractivity contribution in [3.63, 3.8) is 0 Å². The van der Waals surface area contributed by atoms with Gasteiger partial charge in [0.05, 0.1) is 0 Å². The molecule has 0 unspecified atom stereocenters. The third-order valence-electron chi connectivity index (χ3n) is 3.10. The van der Waals surface area contributed by atoms with E-state index in [1.54, 1.807) is 0 Å². The number of halogens is 4. The minimum Gasteiger partial charge on any atom is -0.741 e. The van der Waals surface area contributed by atoms with Crippen LogP contribution in [0.1, 0.15) is 19.3 Å². The summed E-state index contributed by atoms with van der Waals surface area (Å²) < 4.78 is 72.1. The molecule has 0 aromatic carbocycles. The third-order valence-corrected chi connectivity index (χ3v) is 3.66. The zero-order valence-corrected chi connectivity index (χ0v) is 9.73. The molecule has 0 amide bonds. The van der Waals surface area contributed by atoms with Crippen molar-refractivity contribution in [2.75, 3.05) is 19.6 Å². The predicted molar refractivity (Wildman–Crippen MR) is 49.1 cm³/mol. The molecule has 3 rings (SSSR count). The van der Waals surface area contributed by atoms with Gasteiger partial charge in [0.1, 0.15) is 19.6 Å². The maximum absolute atomic E-state index is 13.3. The van der Waals surface area contributed by atoms with Crippen LogP contribution < -0.4 is 0 Å². The Balaban J connectivity index is 0.000000172. The van der Waals surface area contributed by atoms with E-state index < -0.39 is 15.6 Å². The molecule has 3 heterocycles. The first kappa shape index (κ1) is 14.7. The number of alkyl halides is 3. The minimum absolute atomic E-state index is 0.115. The van der Waals surface area contributed by atoms with Crippen LogP contribution in [0, 0.1) is 5.92 Å². The van der Waals surface area contributed by atoms with Crippen LogP contribution in [0.15, 0.2) is 0 Å². The van der Waals surface area contributed by atoms with Gasteiger partial charge >= 0.3 is 5.51 Å². The Morgan fingerprint density at radius 3 is 1.47 bits per heavy atom. The first-order chi connectivity index (χ1) is 7.54. The van der Waals surface area contributed by atoms with Gasteiger partial charge in [0.25, 0.3) is 0 Å². The molecule has 0 aromatic heterocycles. The number of piperidine rings is 3. The van der Waals surface area contributed by atoms with Crippen LogP contribution >= 0.6 is 0 Å². The zero-order chi connectivity index (χ0) is 13.3. The summed E-state index contributed by atoms with van der Waals surface area (Å²) in [4.78, 5) is 0. The largest absolute Gasteiger partial charge is 0.741 e. The molecule has 9 heteroatoms. The summed E-state index contributed by atoms with van der Waals surface area (Å²) in [5, 5.41) is 0. The highest BCUT2D eigenvalue weighted by Crippen LogP contribution is 2.33. The second kappa shape index (κ2) is 4.69. The molecule has 3 aliphatic heterocycles. The van der Waals surface area contributed by atoms with Gasteiger partial charge in [-0.1, -0.05) is 0 Å². The quantitative estimate of drug-likeness (QED) is 0.292. The van der Waals surface area contributed by atoms with E-state index in [4.69, 9.17) is 13.0 Å². The molecule has 0 radical (unpaired) electrons. The average molecular weight is 279 g/mol. The highest BCUT2D eigenvalue weighted by Gasteiger charge is 2.41. The third kappa shape index (κ3) is 4.07. The lowest BCUT2D eigenvalue weighted by molar-refractivity contribution is -1.07. The molecule has 0 atom stereocenters. The van der Waals surface area contributed by atoms with Gasteiger partial charge in [-0.05, 0) is 10.4 Å². The number of rotatable bonds is 0. The van der Waals surface area contributed by atoms with Gasteiger partial charge in [-0.15, -0.1) is 4.71 Å². The lowest BCUT2D eigenvalue weighted by atomic mass is 9.88. The van der Waals surface area contributed by atoms with Crippen molar-refractivity contribution in [2.24, 2.45) is 5.92 Å². The fraction of sp³-hybridized carbons (Fsp3) is 1.00. The number of fused-ring (bicyclic) bond motifs is 3. The zero-order valence-electron chi connectivity index (χ0n) is 8.91. The summed E-state index contributed by atoms with van der Waals surface area (Å²) in [6, 6.07) is 0. The lowest BCUT2D eigenvalue weighted by Crippen LogP contribution is -2.52. The second-order valence-electron chi connectivity index (χ2n) is 4.33. The van der Waals surface area contributed by atoms with Crippen LogP contribution in [0.2, 0.25) is 0 Å². The molecule has 3 aliphatic rings. The summed E-state index contributed by atoms with van der Waals surface area (Å²) in [6.07, 6.45) is 3.41. The summed E-state index contributed by atoms with van der Waals surface area (Å²) in [5.74, 6) is 0.876. The Morgan fingerprint density at radius 1 is 1.06 bits per heavy atom. The highest BCUT2D eigenvalue weighted by molar-refractivity contribution is 7.86. The van der Waals surface area contributed by atoms with Crippen molar-refractivity contribution in [3.8, 4) is 0 Å². The van der Waals surface area contributed by atoms with E-state index in [9.17, 15) is 17.7 Å². The van der Waals surface area contributed by atoms with E-state index in [1.165, 1.54) is 0 Å². The van der Waals surface area contributed by atoms with E-state index in [0.29, 0.717) is 0 Å². The molecule has 3 fully saturated rings.